The average molecular weight is 541 g/mol. The van der Waals surface area contributed by atoms with Gasteiger partial charge < -0.3 is 20.5 Å². The predicted molar refractivity (Wildman–Crippen MR) is 133 cm³/mol. The zero-order valence-corrected chi connectivity index (χ0v) is 20.9. The molecule has 0 aliphatic heterocycles. The fourth-order valence-corrected chi connectivity index (χ4v) is 3.22. The molecule has 0 aliphatic carbocycles. The SMILES string of the molecule is COc1ccc(-c2ccc(NC(=O)c3cccc(Cl)c3)c(F)c2)cc1CNC(C)C.O=C(O)C(F)(F)F. The lowest BCUT2D eigenvalue weighted by Crippen LogP contribution is -2.22. The van der Waals surface area contributed by atoms with Crippen LogP contribution in [0, 0.1) is 5.82 Å². The molecule has 0 radical (unpaired) electrons. The topological polar surface area (TPSA) is 87.7 Å². The first kappa shape index (κ1) is 29.6. The van der Waals surface area contributed by atoms with Crippen LogP contribution in [0.3, 0.4) is 0 Å². The average Bonchev–Trinajstić information content (AvgIpc) is 2.83. The molecule has 1 amide bonds. The first-order valence-corrected chi connectivity index (χ1v) is 11.3. The molecule has 0 unspecified atom stereocenters. The van der Waals surface area contributed by atoms with Crippen LogP contribution >= 0.6 is 11.6 Å². The predicted octanol–water partition coefficient (Wildman–Crippen LogP) is 6.54. The number of hydrogen-bond acceptors (Lipinski definition) is 4. The molecular formula is C26H25ClF4N2O4. The summed E-state index contributed by atoms with van der Waals surface area (Å²) < 4.78 is 51.9. The summed E-state index contributed by atoms with van der Waals surface area (Å²) in [7, 11) is 1.63. The quantitative estimate of drug-likeness (QED) is 0.296. The minimum Gasteiger partial charge on any atom is -0.496 e. The summed E-state index contributed by atoms with van der Waals surface area (Å²) in [5, 5.41) is 13.5. The molecule has 0 saturated carbocycles. The molecular weight excluding hydrogens is 516 g/mol. The van der Waals surface area contributed by atoms with E-state index in [0.717, 1.165) is 16.9 Å². The number of amides is 1. The normalized spacial score (nSPS) is 10.9. The number of rotatable bonds is 7. The van der Waals surface area contributed by atoms with Crippen LogP contribution < -0.4 is 15.4 Å². The lowest BCUT2D eigenvalue weighted by molar-refractivity contribution is -0.192. The Morgan fingerprint density at radius 1 is 1.03 bits per heavy atom. The highest BCUT2D eigenvalue weighted by molar-refractivity contribution is 6.31. The summed E-state index contributed by atoms with van der Waals surface area (Å²) in [6.07, 6.45) is -5.08. The van der Waals surface area contributed by atoms with Crippen LogP contribution in [-0.4, -0.2) is 36.3 Å². The summed E-state index contributed by atoms with van der Waals surface area (Å²) in [6, 6.07) is 17.3. The van der Waals surface area contributed by atoms with Gasteiger partial charge in [0.05, 0.1) is 12.8 Å². The Balaban J connectivity index is 0.000000604. The highest BCUT2D eigenvalue weighted by Crippen LogP contribution is 2.29. The Morgan fingerprint density at radius 2 is 1.65 bits per heavy atom. The third-order valence-corrected chi connectivity index (χ3v) is 5.10. The van der Waals surface area contributed by atoms with Gasteiger partial charge in [-0.05, 0) is 53.6 Å². The second-order valence-corrected chi connectivity index (χ2v) is 8.46. The molecule has 3 aromatic rings. The number of carbonyl (C=O) groups excluding carboxylic acids is 1. The van der Waals surface area contributed by atoms with Crippen molar-refractivity contribution in [2.75, 3.05) is 12.4 Å². The minimum atomic E-state index is -5.08. The van der Waals surface area contributed by atoms with Gasteiger partial charge in [-0.2, -0.15) is 13.2 Å². The number of carboxylic acids is 1. The van der Waals surface area contributed by atoms with E-state index in [1.165, 1.54) is 12.1 Å². The number of hydrogen-bond donors (Lipinski definition) is 3. The van der Waals surface area contributed by atoms with Crippen LogP contribution in [0.1, 0.15) is 29.8 Å². The molecule has 0 atom stereocenters. The van der Waals surface area contributed by atoms with Crippen LogP contribution in [-0.2, 0) is 11.3 Å². The van der Waals surface area contributed by atoms with Crippen molar-refractivity contribution >= 4 is 29.2 Å². The van der Waals surface area contributed by atoms with Crippen LogP contribution in [0.15, 0.2) is 60.7 Å². The number of halogens is 5. The van der Waals surface area contributed by atoms with Gasteiger partial charge in [0.1, 0.15) is 11.6 Å². The summed E-state index contributed by atoms with van der Waals surface area (Å²) in [5.41, 5.74) is 3.04. The number of nitrogens with one attached hydrogen (secondary N) is 2. The van der Waals surface area contributed by atoms with Gasteiger partial charge in [0, 0.05) is 28.7 Å². The third-order valence-electron chi connectivity index (χ3n) is 4.86. The van der Waals surface area contributed by atoms with E-state index in [9.17, 15) is 22.4 Å². The summed E-state index contributed by atoms with van der Waals surface area (Å²) >= 11 is 5.92. The van der Waals surface area contributed by atoms with E-state index in [4.69, 9.17) is 26.2 Å². The largest absolute Gasteiger partial charge is 0.496 e. The van der Waals surface area contributed by atoms with E-state index < -0.39 is 23.9 Å². The fraction of sp³-hybridized carbons (Fsp3) is 0.231. The molecule has 198 valence electrons. The number of anilines is 1. The maximum absolute atomic E-state index is 14.7. The Kier molecular flexibility index (Phi) is 10.5. The molecule has 0 saturated heterocycles. The van der Waals surface area contributed by atoms with Crippen molar-refractivity contribution in [3.8, 4) is 16.9 Å². The van der Waals surface area contributed by atoms with E-state index in [-0.39, 0.29) is 5.69 Å². The molecule has 0 fully saturated rings. The van der Waals surface area contributed by atoms with Crippen LogP contribution in [0.2, 0.25) is 5.02 Å². The summed E-state index contributed by atoms with van der Waals surface area (Å²) in [5.74, 6) is -2.92. The first-order chi connectivity index (χ1) is 17.3. The van der Waals surface area contributed by atoms with Crippen molar-refractivity contribution < 1.29 is 37.0 Å². The Bertz CT molecular complexity index is 1250. The van der Waals surface area contributed by atoms with Gasteiger partial charge in [-0.15, -0.1) is 0 Å². The van der Waals surface area contributed by atoms with Crippen LogP contribution in [0.25, 0.3) is 11.1 Å². The standard InChI is InChI=1S/C24H24ClFN2O2.C2HF3O2/c1-15(2)27-14-19-11-16(8-10-23(19)30-3)17-7-9-22(21(26)13-17)28-24(29)18-5-4-6-20(25)12-18;3-2(4,5)1(6)7/h4-13,15,27H,14H2,1-3H3,(H,28,29);(H,6,7). The molecule has 11 heteroatoms. The number of carbonyl (C=O) groups is 2. The number of benzene rings is 3. The first-order valence-electron chi connectivity index (χ1n) is 10.9. The Hall–Kier alpha value is -3.63. The molecule has 6 nitrogen and oxygen atoms in total. The van der Waals surface area contributed by atoms with Crippen LogP contribution in [0.4, 0.5) is 23.2 Å². The van der Waals surface area contributed by atoms with E-state index >= 15 is 0 Å². The Labute approximate surface area is 216 Å². The third kappa shape index (κ3) is 9.07. The second-order valence-electron chi connectivity index (χ2n) is 8.02. The van der Waals surface area contributed by atoms with Crippen molar-refractivity contribution in [2.45, 2.75) is 32.6 Å². The highest BCUT2D eigenvalue weighted by Gasteiger charge is 2.38. The molecule has 0 aliphatic rings. The zero-order chi connectivity index (χ0) is 27.8. The molecule has 3 rings (SSSR count). The number of alkyl halides is 3. The molecule has 37 heavy (non-hydrogen) atoms. The maximum atomic E-state index is 14.7. The molecule has 3 aromatic carbocycles. The minimum absolute atomic E-state index is 0.110. The van der Waals surface area contributed by atoms with Gasteiger partial charge in [0.15, 0.2) is 0 Å². The molecule has 0 bridgehead atoms. The highest BCUT2D eigenvalue weighted by atomic mass is 35.5. The van der Waals surface area contributed by atoms with Crippen molar-refractivity contribution in [1.29, 1.82) is 0 Å². The van der Waals surface area contributed by atoms with Crippen molar-refractivity contribution in [3.63, 3.8) is 0 Å². The molecule has 0 heterocycles. The van der Waals surface area contributed by atoms with Crippen LogP contribution in [0.5, 0.6) is 5.75 Å². The number of carboxylic acid groups (broad SMARTS) is 1. The van der Waals surface area contributed by atoms with Gasteiger partial charge in [0.25, 0.3) is 5.91 Å². The lowest BCUT2D eigenvalue weighted by atomic mass is 10.0. The monoisotopic (exact) mass is 540 g/mol. The van der Waals surface area contributed by atoms with E-state index in [0.29, 0.717) is 28.7 Å². The van der Waals surface area contributed by atoms with Gasteiger partial charge in [-0.25, -0.2) is 9.18 Å². The number of ether oxygens (including phenoxy) is 1. The van der Waals surface area contributed by atoms with Crippen molar-refractivity contribution in [2.24, 2.45) is 0 Å². The molecule has 0 spiro atoms. The Morgan fingerprint density at radius 3 is 2.19 bits per heavy atom. The van der Waals surface area contributed by atoms with Gasteiger partial charge in [0.2, 0.25) is 0 Å². The second kappa shape index (κ2) is 13.1. The van der Waals surface area contributed by atoms with Gasteiger partial charge in [-0.3, -0.25) is 4.79 Å². The van der Waals surface area contributed by atoms with Crippen molar-refractivity contribution in [3.05, 3.63) is 82.6 Å². The zero-order valence-electron chi connectivity index (χ0n) is 20.1. The van der Waals surface area contributed by atoms with Gasteiger partial charge >= 0.3 is 12.1 Å². The smallest absolute Gasteiger partial charge is 0.490 e. The number of aliphatic carboxylic acids is 1. The molecule has 0 aromatic heterocycles. The number of methoxy groups -OCH3 is 1. The maximum Gasteiger partial charge on any atom is 0.490 e. The van der Waals surface area contributed by atoms with E-state index in [1.807, 2.05) is 18.2 Å². The van der Waals surface area contributed by atoms with Gasteiger partial charge in [-0.1, -0.05) is 43.6 Å². The fourth-order valence-electron chi connectivity index (χ4n) is 3.03. The summed E-state index contributed by atoms with van der Waals surface area (Å²) in [4.78, 5) is 21.3. The lowest BCUT2D eigenvalue weighted by Gasteiger charge is -2.14. The van der Waals surface area contributed by atoms with E-state index in [2.05, 4.69) is 24.5 Å². The van der Waals surface area contributed by atoms with Crippen molar-refractivity contribution in [1.82, 2.24) is 5.32 Å². The summed E-state index contributed by atoms with van der Waals surface area (Å²) in [6.45, 7) is 4.79. The molecule has 3 N–H and O–H groups in total. The van der Waals surface area contributed by atoms with E-state index in [1.54, 1.807) is 37.4 Å².